The maximum Gasteiger partial charge on any atom is 0.573 e. The average Bonchev–Trinajstić information content (AvgIpc) is 3.13. The zero-order valence-electron chi connectivity index (χ0n) is 15.8. The van der Waals surface area contributed by atoms with Crippen LogP contribution in [0, 0.1) is 11.6 Å². The Labute approximate surface area is 190 Å². The number of fused-ring (bicyclic) bond motifs is 1. The van der Waals surface area contributed by atoms with E-state index in [0.29, 0.717) is 10.2 Å². The number of hydrogen-bond acceptors (Lipinski definition) is 6. The van der Waals surface area contributed by atoms with Crippen molar-refractivity contribution in [3.05, 3.63) is 83.9 Å². The maximum atomic E-state index is 14.5. The molecule has 1 aromatic heterocycles. The Bertz CT molecular complexity index is 1260. The SMILES string of the molecule is Fc1cccc(F)c1C(=Nc1nc2ccc(OC(F)(F)F)cc2s1)SSc1ccccc1. The summed E-state index contributed by atoms with van der Waals surface area (Å²) in [6.07, 6.45) is -4.82. The first-order valence-corrected chi connectivity index (χ1v) is 11.8. The minimum atomic E-state index is -4.82. The van der Waals surface area contributed by atoms with E-state index in [1.807, 2.05) is 30.3 Å². The van der Waals surface area contributed by atoms with Crippen molar-refractivity contribution < 1.29 is 26.7 Å². The highest BCUT2D eigenvalue weighted by atomic mass is 33.1. The van der Waals surface area contributed by atoms with Gasteiger partial charge in [-0.1, -0.05) is 46.4 Å². The summed E-state index contributed by atoms with van der Waals surface area (Å²) in [7, 11) is 2.31. The zero-order valence-corrected chi connectivity index (χ0v) is 18.2. The van der Waals surface area contributed by atoms with Crippen molar-refractivity contribution in [3.8, 4) is 5.75 Å². The summed E-state index contributed by atoms with van der Waals surface area (Å²) in [4.78, 5) is 9.43. The molecule has 0 radical (unpaired) electrons. The Morgan fingerprint density at radius 1 is 0.938 bits per heavy atom. The summed E-state index contributed by atoms with van der Waals surface area (Å²) in [6.45, 7) is 0. The Morgan fingerprint density at radius 3 is 2.34 bits per heavy atom. The second-order valence-corrected chi connectivity index (χ2v) is 9.37. The molecule has 11 heteroatoms. The van der Waals surface area contributed by atoms with Gasteiger partial charge in [-0.25, -0.2) is 18.8 Å². The second kappa shape index (κ2) is 9.47. The van der Waals surface area contributed by atoms with Crippen LogP contribution in [-0.2, 0) is 0 Å². The molecule has 0 spiro atoms. The third kappa shape index (κ3) is 5.59. The van der Waals surface area contributed by atoms with Crippen molar-refractivity contribution in [1.29, 1.82) is 0 Å². The summed E-state index contributed by atoms with van der Waals surface area (Å²) in [5.41, 5.74) is 0.0821. The molecule has 164 valence electrons. The Hall–Kier alpha value is -2.63. The fraction of sp³-hybridized carbons (Fsp3) is 0.0476. The molecule has 3 aromatic carbocycles. The maximum absolute atomic E-state index is 14.5. The molecule has 0 aliphatic rings. The van der Waals surface area contributed by atoms with Gasteiger partial charge in [-0.05, 0) is 47.2 Å². The van der Waals surface area contributed by atoms with E-state index < -0.39 is 23.7 Å². The number of alkyl halides is 3. The largest absolute Gasteiger partial charge is 0.573 e. The topological polar surface area (TPSA) is 34.5 Å². The number of aromatic nitrogens is 1. The predicted molar refractivity (Wildman–Crippen MR) is 119 cm³/mol. The molecule has 4 rings (SSSR count). The summed E-state index contributed by atoms with van der Waals surface area (Å²) >= 11 is 0.980. The monoisotopic (exact) mass is 498 g/mol. The van der Waals surface area contributed by atoms with Gasteiger partial charge in [0.15, 0.2) is 0 Å². The van der Waals surface area contributed by atoms with E-state index in [9.17, 15) is 22.0 Å². The lowest BCUT2D eigenvalue weighted by Crippen LogP contribution is -2.16. The van der Waals surface area contributed by atoms with Crippen LogP contribution in [0.1, 0.15) is 5.56 Å². The third-order valence-corrected chi connectivity index (χ3v) is 7.13. The molecule has 0 atom stereocenters. The molecule has 0 aliphatic heterocycles. The summed E-state index contributed by atoms with van der Waals surface area (Å²) in [5, 5.41) is 0.184. The van der Waals surface area contributed by atoms with Crippen LogP contribution in [0.3, 0.4) is 0 Å². The number of ether oxygens (including phenoxy) is 1. The molecule has 0 fully saturated rings. The van der Waals surface area contributed by atoms with Crippen molar-refractivity contribution in [2.45, 2.75) is 11.3 Å². The third-order valence-electron chi connectivity index (χ3n) is 3.92. The first-order valence-electron chi connectivity index (χ1n) is 8.87. The molecule has 0 bridgehead atoms. The van der Waals surface area contributed by atoms with Crippen molar-refractivity contribution in [1.82, 2.24) is 4.98 Å². The van der Waals surface area contributed by atoms with Crippen molar-refractivity contribution in [3.63, 3.8) is 0 Å². The number of hydrogen-bond donors (Lipinski definition) is 0. The van der Waals surface area contributed by atoms with Crippen LogP contribution in [0.15, 0.2) is 76.6 Å². The molecular formula is C21H11F5N2OS3. The average molecular weight is 499 g/mol. The van der Waals surface area contributed by atoms with Gasteiger partial charge < -0.3 is 4.74 Å². The molecule has 1 heterocycles. The number of rotatable bonds is 5. The predicted octanol–water partition coefficient (Wildman–Crippen LogP) is 7.99. The quantitative estimate of drug-likeness (QED) is 0.121. The molecular weight excluding hydrogens is 487 g/mol. The van der Waals surface area contributed by atoms with E-state index in [-0.39, 0.29) is 15.7 Å². The van der Waals surface area contributed by atoms with Crippen LogP contribution in [0.2, 0.25) is 0 Å². The smallest absolute Gasteiger partial charge is 0.406 e. The van der Waals surface area contributed by atoms with Gasteiger partial charge in [0.2, 0.25) is 5.13 Å². The lowest BCUT2D eigenvalue weighted by molar-refractivity contribution is -0.274. The van der Waals surface area contributed by atoms with Gasteiger partial charge in [-0.15, -0.1) is 13.2 Å². The molecule has 0 aliphatic carbocycles. The van der Waals surface area contributed by atoms with E-state index in [0.717, 1.165) is 45.2 Å². The van der Waals surface area contributed by atoms with Crippen LogP contribution in [0.4, 0.5) is 27.1 Å². The van der Waals surface area contributed by atoms with Gasteiger partial charge in [-0.3, -0.25) is 0 Å². The molecule has 0 saturated carbocycles. The van der Waals surface area contributed by atoms with Crippen LogP contribution in [-0.4, -0.2) is 16.4 Å². The second-order valence-electron chi connectivity index (χ2n) is 6.17. The van der Waals surface area contributed by atoms with Crippen molar-refractivity contribution in [2.24, 2.45) is 4.99 Å². The van der Waals surface area contributed by atoms with Crippen molar-refractivity contribution in [2.75, 3.05) is 0 Å². The zero-order chi connectivity index (χ0) is 22.7. The molecule has 4 aromatic rings. The minimum absolute atomic E-state index is 0.0419. The number of benzene rings is 3. The minimum Gasteiger partial charge on any atom is -0.406 e. The summed E-state index contributed by atoms with van der Waals surface area (Å²) in [5.74, 6) is -1.96. The van der Waals surface area contributed by atoms with E-state index in [1.54, 1.807) is 0 Å². The van der Waals surface area contributed by atoms with Crippen LogP contribution < -0.4 is 4.74 Å². The number of aliphatic imine (C=N–C) groups is 1. The first-order chi connectivity index (χ1) is 15.3. The van der Waals surface area contributed by atoms with Gasteiger partial charge in [-0.2, -0.15) is 0 Å². The van der Waals surface area contributed by atoms with Gasteiger partial charge >= 0.3 is 6.36 Å². The highest BCUT2D eigenvalue weighted by Gasteiger charge is 2.31. The molecule has 0 unspecified atom stereocenters. The first kappa shape index (κ1) is 22.6. The highest BCUT2D eigenvalue weighted by Crippen LogP contribution is 2.38. The fourth-order valence-electron chi connectivity index (χ4n) is 2.61. The van der Waals surface area contributed by atoms with E-state index >= 15 is 0 Å². The molecule has 0 amide bonds. The molecule has 3 nitrogen and oxygen atoms in total. The Balaban J connectivity index is 1.71. The van der Waals surface area contributed by atoms with E-state index in [1.165, 1.54) is 29.0 Å². The van der Waals surface area contributed by atoms with Crippen LogP contribution in [0.25, 0.3) is 10.2 Å². The van der Waals surface area contributed by atoms with Gasteiger partial charge in [0.25, 0.3) is 0 Å². The molecule has 0 N–H and O–H groups in total. The van der Waals surface area contributed by atoms with Gasteiger partial charge in [0.1, 0.15) is 22.4 Å². The summed E-state index contributed by atoms with van der Waals surface area (Å²) in [6, 6.07) is 16.4. The number of nitrogens with zero attached hydrogens (tertiary/aromatic N) is 2. The van der Waals surface area contributed by atoms with E-state index in [4.69, 9.17) is 0 Å². The Kier molecular flexibility index (Phi) is 6.68. The van der Waals surface area contributed by atoms with Crippen LogP contribution in [0.5, 0.6) is 5.75 Å². The van der Waals surface area contributed by atoms with E-state index in [2.05, 4.69) is 14.7 Å². The number of halogens is 5. The normalized spacial score (nSPS) is 12.3. The fourth-order valence-corrected chi connectivity index (χ4v) is 5.60. The molecule has 0 saturated heterocycles. The lowest BCUT2D eigenvalue weighted by Gasteiger charge is -2.08. The Morgan fingerprint density at radius 2 is 1.66 bits per heavy atom. The summed E-state index contributed by atoms with van der Waals surface area (Å²) < 4.78 is 70.7. The highest BCUT2D eigenvalue weighted by molar-refractivity contribution is 8.82. The van der Waals surface area contributed by atoms with Crippen LogP contribution >= 0.6 is 32.9 Å². The van der Waals surface area contributed by atoms with Crippen molar-refractivity contribution >= 4 is 53.3 Å². The van der Waals surface area contributed by atoms with Gasteiger partial charge in [0, 0.05) is 11.0 Å². The van der Waals surface area contributed by atoms with Gasteiger partial charge in [0.05, 0.1) is 15.8 Å². The standard InChI is InChI=1S/C21H11F5N2OS3/c22-14-7-4-8-15(23)18(14)19(32-31-13-5-2-1-3-6-13)28-20-27-16-10-9-12(11-17(16)30-20)29-21(24,25)26/h1-11H. The molecule has 32 heavy (non-hydrogen) atoms. The lowest BCUT2D eigenvalue weighted by atomic mass is 10.2. The number of thiazole rings is 1.